The highest BCUT2D eigenvalue weighted by Gasteiger charge is 2.20. The lowest BCUT2D eigenvalue weighted by molar-refractivity contribution is 0.394. The Balaban J connectivity index is 2.14. The molecule has 1 unspecified atom stereocenters. The number of hydrogen-bond donors (Lipinski definition) is 1. The first kappa shape index (κ1) is 15.3. The van der Waals surface area contributed by atoms with Gasteiger partial charge in [0.2, 0.25) is 0 Å². The first-order valence-electron chi connectivity index (χ1n) is 7.93. The van der Waals surface area contributed by atoms with E-state index in [9.17, 15) is 4.39 Å². The number of nitrogens with zero attached hydrogens (tertiary/aromatic N) is 1. The third-order valence-electron chi connectivity index (χ3n) is 4.58. The molecule has 1 aliphatic rings. The minimum Gasteiger partial charge on any atom is -0.371 e. The second-order valence-electron chi connectivity index (χ2n) is 5.98. The second kappa shape index (κ2) is 7.07. The lowest BCUT2D eigenvalue weighted by atomic mass is 9.93. The number of halogens is 1. The van der Waals surface area contributed by atoms with Crippen molar-refractivity contribution >= 4 is 5.69 Å². The topological polar surface area (TPSA) is 29.3 Å². The van der Waals surface area contributed by atoms with Gasteiger partial charge in [-0.1, -0.05) is 20.3 Å². The molecule has 3 heteroatoms. The number of rotatable bonds is 5. The van der Waals surface area contributed by atoms with Gasteiger partial charge in [0.15, 0.2) is 0 Å². The molecule has 1 aliphatic heterocycles. The number of nitrogens with two attached hydrogens (primary N) is 1. The van der Waals surface area contributed by atoms with Gasteiger partial charge in [-0.15, -0.1) is 0 Å². The fraction of sp³-hybridized carbons (Fsp3) is 0.647. The Morgan fingerprint density at radius 3 is 2.60 bits per heavy atom. The Bertz CT molecular complexity index is 425. The summed E-state index contributed by atoms with van der Waals surface area (Å²) < 4.78 is 13.5. The van der Waals surface area contributed by atoms with E-state index in [4.69, 9.17) is 5.73 Å². The summed E-state index contributed by atoms with van der Waals surface area (Å²) in [6.45, 7) is 6.51. The van der Waals surface area contributed by atoms with Crippen LogP contribution < -0.4 is 10.6 Å². The Morgan fingerprint density at radius 2 is 2.00 bits per heavy atom. The van der Waals surface area contributed by atoms with Crippen LogP contribution in [0.2, 0.25) is 0 Å². The molecule has 2 nitrogen and oxygen atoms in total. The summed E-state index contributed by atoms with van der Waals surface area (Å²) in [5, 5.41) is 0. The number of benzene rings is 1. The van der Waals surface area contributed by atoms with Crippen molar-refractivity contribution in [1.82, 2.24) is 0 Å². The normalized spacial score (nSPS) is 18.3. The number of anilines is 1. The maximum Gasteiger partial charge on any atom is 0.123 e. The molecule has 1 aromatic carbocycles. The van der Waals surface area contributed by atoms with Crippen molar-refractivity contribution in [3.63, 3.8) is 0 Å². The molecular formula is C17H27FN2. The Hall–Kier alpha value is -1.09. The summed E-state index contributed by atoms with van der Waals surface area (Å²) in [5.41, 5.74) is 8.31. The van der Waals surface area contributed by atoms with Crippen LogP contribution in [0.4, 0.5) is 10.1 Å². The van der Waals surface area contributed by atoms with Gasteiger partial charge < -0.3 is 10.6 Å². The van der Waals surface area contributed by atoms with Gasteiger partial charge in [0.1, 0.15) is 5.82 Å². The van der Waals surface area contributed by atoms with Crippen LogP contribution in [0.5, 0.6) is 0 Å². The van der Waals surface area contributed by atoms with E-state index in [1.807, 2.05) is 6.07 Å². The Morgan fingerprint density at radius 1 is 1.30 bits per heavy atom. The van der Waals surface area contributed by atoms with Gasteiger partial charge in [-0.05, 0) is 55.4 Å². The van der Waals surface area contributed by atoms with Crippen molar-refractivity contribution in [1.29, 1.82) is 0 Å². The van der Waals surface area contributed by atoms with Gasteiger partial charge in [-0.25, -0.2) is 4.39 Å². The third-order valence-corrected chi connectivity index (χ3v) is 4.58. The van der Waals surface area contributed by atoms with E-state index in [0.29, 0.717) is 0 Å². The van der Waals surface area contributed by atoms with Crippen LogP contribution in [-0.4, -0.2) is 19.1 Å². The summed E-state index contributed by atoms with van der Waals surface area (Å²) >= 11 is 0. The molecule has 1 heterocycles. The maximum atomic E-state index is 13.5. The van der Waals surface area contributed by atoms with Crippen LogP contribution in [0.15, 0.2) is 18.2 Å². The van der Waals surface area contributed by atoms with E-state index < -0.39 is 0 Å². The highest BCUT2D eigenvalue weighted by molar-refractivity contribution is 5.54. The lowest BCUT2D eigenvalue weighted by Crippen LogP contribution is -2.34. The average Bonchev–Trinajstić information content (AvgIpc) is 2.47. The average molecular weight is 278 g/mol. The van der Waals surface area contributed by atoms with Crippen LogP contribution in [0.1, 0.15) is 45.1 Å². The molecule has 20 heavy (non-hydrogen) atoms. The molecule has 2 N–H and O–H groups in total. The van der Waals surface area contributed by atoms with Gasteiger partial charge in [-0.2, -0.15) is 0 Å². The van der Waals surface area contributed by atoms with Crippen LogP contribution >= 0.6 is 0 Å². The van der Waals surface area contributed by atoms with Gasteiger partial charge in [0, 0.05) is 24.8 Å². The van der Waals surface area contributed by atoms with Gasteiger partial charge in [0.25, 0.3) is 0 Å². The molecule has 1 fully saturated rings. The summed E-state index contributed by atoms with van der Waals surface area (Å²) in [7, 11) is 0. The maximum absolute atomic E-state index is 13.5. The first-order valence-corrected chi connectivity index (χ1v) is 7.93. The molecule has 0 spiro atoms. The molecule has 0 amide bonds. The van der Waals surface area contributed by atoms with Crippen molar-refractivity contribution < 1.29 is 4.39 Å². The SMILES string of the molecule is CCC(N)Cc1cc(F)ccc1N1CCC(CC)CC1. The van der Waals surface area contributed by atoms with Crippen molar-refractivity contribution in [2.45, 2.75) is 52.0 Å². The van der Waals surface area contributed by atoms with Crippen molar-refractivity contribution in [3.05, 3.63) is 29.6 Å². The zero-order valence-electron chi connectivity index (χ0n) is 12.7. The Labute approximate surface area is 122 Å². The van der Waals surface area contributed by atoms with Crippen LogP contribution in [0, 0.1) is 11.7 Å². The van der Waals surface area contributed by atoms with Crippen molar-refractivity contribution in [3.8, 4) is 0 Å². The van der Waals surface area contributed by atoms with E-state index in [1.165, 1.54) is 24.9 Å². The smallest absolute Gasteiger partial charge is 0.123 e. The summed E-state index contributed by atoms with van der Waals surface area (Å²) in [6, 6.07) is 5.28. The van der Waals surface area contributed by atoms with Gasteiger partial charge in [-0.3, -0.25) is 0 Å². The second-order valence-corrected chi connectivity index (χ2v) is 5.98. The molecule has 0 aliphatic carbocycles. The molecule has 0 bridgehead atoms. The fourth-order valence-corrected chi connectivity index (χ4v) is 3.03. The molecule has 1 aromatic rings. The molecule has 112 valence electrons. The standard InChI is InChI=1S/C17H27FN2/c1-3-13-7-9-20(10-8-13)17-6-5-15(18)11-14(17)12-16(19)4-2/h5-6,11,13,16H,3-4,7-10,12,19H2,1-2H3. The zero-order valence-corrected chi connectivity index (χ0v) is 12.7. The molecule has 0 radical (unpaired) electrons. The van der Waals surface area contributed by atoms with Crippen LogP contribution in [-0.2, 0) is 6.42 Å². The minimum atomic E-state index is -0.157. The molecule has 1 atom stereocenters. The summed E-state index contributed by atoms with van der Waals surface area (Å²) in [6.07, 6.45) is 5.44. The minimum absolute atomic E-state index is 0.115. The van der Waals surface area contributed by atoms with Gasteiger partial charge >= 0.3 is 0 Å². The molecule has 2 rings (SSSR count). The van der Waals surface area contributed by atoms with E-state index >= 15 is 0 Å². The van der Waals surface area contributed by atoms with Gasteiger partial charge in [0.05, 0.1) is 0 Å². The van der Waals surface area contributed by atoms with E-state index in [2.05, 4.69) is 18.7 Å². The highest BCUT2D eigenvalue weighted by atomic mass is 19.1. The molecular weight excluding hydrogens is 251 g/mol. The lowest BCUT2D eigenvalue weighted by Gasteiger charge is -2.34. The Kier molecular flexibility index (Phi) is 5.41. The van der Waals surface area contributed by atoms with E-state index in [0.717, 1.165) is 37.4 Å². The molecule has 1 saturated heterocycles. The van der Waals surface area contributed by atoms with Crippen molar-refractivity contribution in [2.24, 2.45) is 11.7 Å². The monoisotopic (exact) mass is 278 g/mol. The van der Waals surface area contributed by atoms with Crippen LogP contribution in [0.3, 0.4) is 0 Å². The third kappa shape index (κ3) is 3.72. The molecule has 0 saturated carbocycles. The predicted octanol–water partition coefficient (Wildman–Crippen LogP) is 3.73. The van der Waals surface area contributed by atoms with E-state index in [1.54, 1.807) is 12.1 Å². The fourth-order valence-electron chi connectivity index (χ4n) is 3.03. The van der Waals surface area contributed by atoms with Crippen molar-refractivity contribution in [2.75, 3.05) is 18.0 Å². The largest absolute Gasteiger partial charge is 0.371 e. The highest BCUT2D eigenvalue weighted by Crippen LogP contribution is 2.29. The predicted molar refractivity (Wildman–Crippen MR) is 83.6 cm³/mol. The van der Waals surface area contributed by atoms with Crippen LogP contribution in [0.25, 0.3) is 0 Å². The summed E-state index contributed by atoms with van der Waals surface area (Å²) in [4.78, 5) is 2.41. The zero-order chi connectivity index (χ0) is 14.5. The molecule has 0 aromatic heterocycles. The number of piperidine rings is 1. The summed E-state index contributed by atoms with van der Waals surface area (Å²) in [5.74, 6) is 0.698. The quantitative estimate of drug-likeness (QED) is 0.889. The number of hydrogen-bond acceptors (Lipinski definition) is 2. The van der Waals surface area contributed by atoms with E-state index in [-0.39, 0.29) is 11.9 Å². The first-order chi connectivity index (χ1) is 9.63.